The molecule has 1 heterocycles. The van der Waals surface area contributed by atoms with E-state index in [-0.39, 0.29) is 29.3 Å². The highest BCUT2D eigenvalue weighted by molar-refractivity contribution is 6.32. The smallest absolute Gasteiger partial charge is 0.419 e. The van der Waals surface area contributed by atoms with Crippen LogP contribution in [0.15, 0.2) is 54.2 Å². The molecule has 9 heteroatoms. The number of carbonyl (C=O) groups excluding carboxylic acids is 2. The van der Waals surface area contributed by atoms with Crippen LogP contribution in [0, 0.1) is 0 Å². The third kappa shape index (κ3) is 5.51. The number of hydrogen-bond acceptors (Lipinski definition) is 6. The fourth-order valence-corrected chi connectivity index (χ4v) is 5.15. The van der Waals surface area contributed by atoms with Gasteiger partial charge in [0.05, 0.1) is 29.5 Å². The van der Waals surface area contributed by atoms with E-state index < -0.39 is 6.09 Å². The molecule has 1 aliphatic heterocycles. The molecule has 1 atom stereocenters. The number of rotatable bonds is 6. The maximum atomic E-state index is 13.5. The summed E-state index contributed by atoms with van der Waals surface area (Å²) in [5.74, 6) is 0.727. The van der Waals surface area contributed by atoms with Crippen LogP contribution in [0.3, 0.4) is 0 Å². The lowest BCUT2D eigenvalue weighted by Gasteiger charge is -2.40. The zero-order chi connectivity index (χ0) is 26.8. The lowest BCUT2D eigenvalue weighted by atomic mass is 9.98. The fourth-order valence-electron chi connectivity index (χ4n) is 4.94. The molecule has 3 aliphatic rings. The molecule has 1 fully saturated rings. The van der Waals surface area contributed by atoms with Gasteiger partial charge < -0.3 is 19.8 Å². The number of nitrogens with one attached hydrogen (secondary N) is 2. The Labute approximate surface area is 228 Å². The fraction of sp³-hybridized carbons (Fsp3) is 0.379. The number of benzene rings is 2. The van der Waals surface area contributed by atoms with Crippen molar-refractivity contribution in [1.82, 2.24) is 10.9 Å². The van der Waals surface area contributed by atoms with Crippen molar-refractivity contribution in [2.75, 3.05) is 23.5 Å². The van der Waals surface area contributed by atoms with Gasteiger partial charge in [0.25, 0.3) is 0 Å². The van der Waals surface area contributed by atoms with Gasteiger partial charge in [0.2, 0.25) is 5.91 Å². The molecule has 2 aromatic carbocycles. The molecule has 2 aromatic rings. The molecule has 0 radical (unpaired) electrons. The summed E-state index contributed by atoms with van der Waals surface area (Å²) in [7, 11) is 1.55. The first-order chi connectivity index (χ1) is 18.4. The normalized spacial score (nSPS) is 19.1. The van der Waals surface area contributed by atoms with Gasteiger partial charge in [0.1, 0.15) is 5.75 Å². The molecule has 0 unspecified atom stereocenters. The van der Waals surface area contributed by atoms with Crippen LogP contribution >= 0.6 is 11.6 Å². The Hall–Kier alpha value is -3.49. The second-order valence-electron chi connectivity index (χ2n) is 9.95. The molecule has 1 saturated carbocycles. The van der Waals surface area contributed by atoms with Crippen LogP contribution in [0.1, 0.15) is 51.5 Å². The van der Waals surface area contributed by atoms with Crippen molar-refractivity contribution in [3.8, 4) is 11.5 Å². The monoisotopic (exact) mass is 536 g/mol. The first-order valence-electron chi connectivity index (χ1n) is 13.0. The maximum Gasteiger partial charge on any atom is 0.419 e. The maximum absolute atomic E-state index is 13.5. The molecule has 2 aliphatic carbocycles. The molecule has 200 valence electrons. The summed E-state index contributed by atoms with van der Waals surface area (Å²) in [5, 5.41) is 0.273. The Morgan fingerprint density at radius 3 is 2.63 bits per heavy atom. The van der Waals surface area contributed by atoms with Gasteiger partial charge in [-0.25, -0.2) is 10.2 Å². The summed E-state index contributed by atoms with van der Waals surface area (Å²) in [6, 6.07) is 11.1. The summed E-state index contributed by atoms with van der Waals surface area (Å²) in [4.78, 5) is 29.4. The molecule has 5 rings (SSSR count). The van der Waals surface area contributed by atoms with Gasteiger partial charge in [-0.2, -0.15) is 0 Å². The third-order valence-corrected chi connectivity index (χ3v) is 7.33. The molecule has 0 bridgehead atoms. The minimum absolute atomic E-state index is 0.0812. The largest absolute Gasteiger partial charge is 0.497 e. The van der Waals surface area contributed by atoms with E-state index in [4.69, 9.17) is 21.1 Å². The van der Waals surface area contributed by atoms with Crippen LogP contribution in [-0.2, 0) is 4.79 Å². The number of hydrazine groups is 1. The minimum Gasteiger partial charge on any atom is -0.497 e. The molecular weight excluding hydrogens is 504 g/mol. The molecule has 2 N–H and O–H groups in total. The topological polar surface area (TPSA) is 83.1 Å². The van der Waals surface area contributed by atoms with E-state index in [9.17, 15) is 9.59 Å². The average Bonchev–Trinajstić information content (AvgIpc) is 3.74. The Morgan fingerprint density at radius 1 is 1.11 bits per heavy atom. The zero-order valence-corrected chi connectivity index (χ0v) is 22.7. The number of amides is 2. The number of methoxy groups -OCH3 is 1. The van der Waals surface area contributed by atoms with Gasteiger partial charge in [-0.15, -0.1) is 0 Å². The van der Waals surface area contributed by atoms with Crippen molar-refractivity contribution in [3.63, 3.8) is 0 Å². The highest BCUT2D eigenvalue weighted by Gasteiger charge is 2.35. The van der Waals surface area contributed by atoms with Crippen LogP contribution in [0.5, 0.6) is 11.5 Å². The number of ether oxygens (including phenoxy) is 2. The highest BCUT2D eigenvalue weighted by atomic mass is 35.5. The van der Waals surface area contributed by atoms with E-state index >= 15 is 0 Å². The van der Waals surface area contributed by atoms with Gasteiger partial charge >= 0.3 is 6.09 Å². The summed E-state index contributed by atoms with van der Waals surface area (Å²) >= 11 is 6.34. The first-order valence-corrected chi connectivity index (χ1v) is 13.4. The predicted octanol–water partition coefficient (Wildman–Crippen LogP) is 5.82. The molecule has 0 spiro atoms. The van der Waals surface area contributed by atoms with Crippen LogP contribution in [0.25, 0.3) is 5.57 Å². The molecular formula is C29H33ClN4O4. The van der Waals surface area contributed by atoms with Crippen molar-refractivity contribution in [1.29, 1.82) is 0 Å². The van der Waals surface area contributed by atoms with E-state index in [0.717, 1.165) is 36.1 Å². The summed E-state index contributed by atoms with van der Waals surface area (Å²) in [5.41, 5.74) is 11.3. The number of halogens is 1. The molecule has 8 nitrogen and oxygen atoms in total. The number of carbonyl (C=O) groups is 2. The second-order valence-corrected chi connectivity index (χ2v) is 10.4. The van der Waals surface area contributed by atoms with Gasteiger partial charge in [-0.3, -0.25) is 9.69 Å². The number of anilines is 2. The first kappa shape index (κ1) is 26.1. The average molecular weight is 537 g/mol. The molecule has 38 heavy (non-hydrogen) atoms. The Kier molecular flexibility index (Phi) is 7.63. The van der Waals surface area contributed by atoms with Gasteiger partial charge in [-0.1, -0.05) is 29.8 Å². The van der Waals surface area contributed by atoms with Gasteiger partial charge in [0.15, 0.2) is 5.75 Å². The minimum atomic E-state index is -0.565. The standard InChI is InChI=1S/C29H33ClN4O4/c1-18-17-33(29(36)38-28-14-12-22(37-3)16-24(28)30)27-15-20(9-13-26(27)34(18)19(2)35)23-7-5-4-6-8-25(23)32-31-21-10-11-21/h5,7,9,12-16,18,21,31-32H,4,6,8,10-11,17H2,1-3H3/t18-/m0/s1. The van der Waals surface area contributed by atoms with Crippen LogP contribution in [0.4, 0.5) is 16.2 Å². The van der Waals surface area contributed by atoms with Crippen molar-refractivity contribution < 1.29 is 19.1 Å². The van der Waals surface area contributed by atoms with Crippen molar-refractivity contribution in [2.24, 2.45) is 0 Å². The Morgan fingerprint density at radius 2 is 1.92 bits per heavy atom. The summed E-state index contributed by atoms with van der Waals surface area (Å²) in [6.07, 6.45) is 9.08. The molecule has 2 amide bonds. The summed E-state index contributed by atoms with van der Waals surface area (Å²) in [6.45, 7) is 3.74. The molecule has 0 saturated heterocycles. The van der Waals surface area contributed by atoms with Gasteiger partial charge in [-0.05, 0) is 68.9 Å². The number of hydrogen-bond donors (Lipinski definition) is 2. The van der Waals surface area contributed by atoms with Crippen LogP contribution in [0.2, 0.25) is 5.02 Å². The van der Waals surface area contributed by atoms with E-state index in [1.54, 1.807) is 42.0 Å². The number of fused-ring (bicyclic) bond motifs is 1. The lowest BCUT2D eigenvalue weighted by molar-refractivity contribution is -0.117. The van der Waals surface area contributed by atoms with Crippen molar-refractivity contribution in [3.05, 3.63) is 64.8 Å². The van der Waals surface area contributed by atoms with E-state index in [0.29, 0.717) is 23.2 Å². The summed E-state index contributed by atoms with van der Waals surface area (Å²) < 4.78 is 10.9. The second kappa shape index (κ2) is 11.1. The highest BCUT2D eigenvalue weighted by Crippen LogP contribution is 2.40. The lowest BCUT2D eigenvalue weighted by Crippen LogP contribution is -2.52. The Balaban J connectivity index is 1.52. The zero-order valence-electron chi connectivity index (χ0n) is 21.9. The van der Waals surface area contributed by atoms with E-state index in [1.165, 1.54) is 12.8 Å². The van der Waals surface area contributed by atoms with Gasteiger partial charge in [0, 0.05) is 36.8 Å². The van der Waals surface area contributed by atoms with Crippen LogP contribution < -0.4 is 30.1 Å². The van der Waals surface area contributed by atoms with Crippen LogP contribution in [-0.4, -0.2) is 37.7 Å². The SMILES string of the molecule is COc1ccc(OC(=O)N2C[C@H](C)N(C(C)=O)c3ccc(C4=C(NNC5CC5)CCCC=C4)cc32)c(Cl)c1. The van der Waals surface area contributed by atoms with E-state index in [1.807, 2.05) is 25.1 Å². The van der Waals surface area contributed by atoms with E-state index in [2.05, 4.69) is 23.0 Å². The number of allylic oxidation sites excluding steroid dienone is 4. The van der Waals surface area contributed by atoms with Crippen molar-refractivity contribution in [2.45, 2.75) is 58.0 Å². The predicted molar refractivity (Wildman–Crippen MR) is 150 cm³/mol. The van der Waals surface area contributed by atoms with Crippen molar-refractivity contribution >= 4 is 40.5 Å². The Bertz CT molecular complexity index is 1300. The quantitative estimate of drug-likeness (QED) is 0.453. The third-order valence-electron chi connectivity index (χ3n) is 7.03. The number of nitrogens with zero attached hydrogens (tertiary/aromatic N) is 2. The molecule has 0 aromatic heterocycles.